The van der Waals surface area contributed by atoms with E-state index in [-0.39, 0.29) is 0 Å². The first-order valence-electron chi connectivity index (χ1n) is 8.52. The van der Waals surface area contributed by atoms with Gasteiger partial charge in [-0.3, -0.25) is 4.79 Å². The molecule has 0 saturated heterocycles. The van der Waals surface area contributed by atoms with Gasteiger partial charge < -0.3 is 4.42 Å². The normalized spacial score (nSPS) is 11.1. The van der Waals surface area contributed by atoms with Crippen LogP contribution in [0.3, 0.4) is 0 Å². The van der Waals surface area contributed by atoms with E-state index in [1.54, 1.807) is 6.07 Å². The van der Waals surface area contributed by atoms with Gasteiger partial charge in [0.05, 0.1) is 0 Å². The summed E-state index contributed by atoms with van der Waals surface area (Å²) in [5.41, 5.74) is 6.47. The second kappa shape index (κ2) is 6.88. The lowest BCUT2D eigenvalue weighted by atomic mass is 9.93. The van der Waals surface area contributed by atoms with Crippen molar-refractivity contribution in [2.75, 3.05) is 0 Å². The van der Waals surface area contributed by atoms with Crippen LogP contribution < -0.4 is 0 Å². The van der Waals surface area contributed by atoms with Crippen LogP contribution in [0, 0.1) is 13.8 Å². The zero-order chi connectivity index (χ0) is 19.1. The molecule has 1 aromatic heterocycles. The number of hydrogen-bond donors (Lipinski definition) is 0. The lowest BCUT2D eigenvalue weighted by Crippen LogP contribution is -1.87. The second-order valence-corrected chi connectivity index (χ2v) is 7.44. The van der Waals surface area contributed by atoms with Crippen molar-refractivity contribution in [2.45, 2.75) is 13.8 Å². The molecule has 3 aromatic carbocycles. The van der Waals surface area contributed by atoms with E-state index in [9.17, 15) is 4.79 Å². The molecule has 0 atom stereocenters. The smallest absolute Gasteiger partial charge is 0.185 e. The largest absolute Gasteiger partial charge is 0.453 e. The number of rotatable bonds is 3. The van der Waals surface area contributed by atoms with E-state index < -0.39 is 0 Å². The Kier molecular flexibility index (Phi) is 4.55. The van der Waals surface area contributed by atoms with Crippen LogP contribution in [0.25, 0.3) is 33.2 Å². The minimum atomic E-state index is 0.331. The average Bonchev–Trinajstić information content (AvgIpc) is 2.97. The summed E-state index contributed by atoms with van der Waals surface area (Å²) >= 11 is 12.6. The van der Waals surface area contributed by atoms with Crippen LogP contribution in [0.2, 0.25) is 10.0 Å². The molecule has 0 radical (unpaired) electrons. The Morgan fingerprint density at radius 2 is 1.70 bits per heavy atom. The highest BCUT2D eigenvalue weighted by atomic mass is 35.5. The highest BCUT2D eigenvalue weighted by Gasteiger charge is 2.18. The fraction of sp³-hybridized carbons (Fsp3) is 0.0870. The third-order valence-electron chi connectivity index (χ3n) is 4.75. The van der Waals surface area contributed by atoms with Gasteiger partial charge in [0, 0.05) is 26.6 Å². The maximum Gasteiger partial charge on any atom is 0.185 e. The first kappa shape index (κ1) is 17.8. The number of aldehydes is 1. The number of furan rings is 1. The molecule has 0 aliphatic rings. The summed E-state index contributed by atoms with van der Waals surface area (Å²) in [6, 6.07) is 17.7. The summed E-state index contributed by atoms with van der Waals surface area (Å²) in [7, 11) is 0. The number of hydrogen-bond acceptors (Lipinski definition) is 2. The van der Waals surface area contributed by atoms with Crippen molar-refractivity contribution in [2.24, 2.45) is 0 Å². The van der Waals surface area contributed by atoms with Crippen molar-refractivity contribution < 1.29 is 9.21 Å². The monoisotopic (exact) mass is 394 g/mol. The van der Waals surface area contributed by atoms with Crippen LogP contribution in [0.4, 0.5) is 0 Å². The highest BCUT2D eigenvalue weighted by molar-refractivity contribution is 6.36. The third kappa shape index (κ3) is 3.16. The molecule has 134 valence electrons. The van der Waals surface area contributed by atoms with E-state index in [0.29, 0.717) is 21.4 Å². The van der Waals surface area contributed by atoms with Crippen molar-refractivity contribution in [3.8, 4) is 22.3 Å². The third-order valence-corrected chi connectivity index (χ3v) is 5.29. The molecular weight excluding hydrogens is 379 g/mol. The SMILES string of the molecule is Cc1cccc(-c2cc(-c3ccc(Cl)cc3Cl)c3c(C)c(C=O)oc3c2)c1. The minimum Gasteiger partial charge on any atom is -0.453 e. The molecule has 27 heavy (non-hydrogen) atoms. The van der Waals surface area contributed by atoms with Crippen molar-refractivity contribution in [1.29, 1.82) is 0 Å². The Bertz CT molecular complexity index is 1190. The molecule has 0 amide bonds. The lowest BCUT2D eigenvalue weighted by molar-refractivity contribution is 0.110. The zero-order valence-electron chi connectivity index (χ0n) is 14.8. The number of halogens is 2. The minimum absolute atomic E-state index is 0.331. The number of carbonyl (C=O) groups is 1. The molecule has 0 bridgehead atoms. The van der Waals surface area contributed by atoms with Crippen LogP contribution in [0.15, 0.2) is 59.0 Å². The van der Waals surface area contributed by atoms with Crippen molar-refractivity contribution in [3.63, 3.8) is 0 Å². The van der Waals surface area contributed by atoms with E-state index in [1.165, 1.54) is 5.56 Å². The van der Waals surface area contributed by atoms with Crippen molar-refractivity contribution >= 4 is 40.5 Å². The molecule has 4 aromatic rings. The summed E-state index contributed by atoms with van der Waals surface area (Å²) in [5, 5.41) is 2.02. The van der Waals surface area contributed by atoms with Gasteiger partial charge in [-0.1, -0.05) is 59.1 Å². The molecule has 0 aliphatic heterocycles. The summed E-state index contributed by atoms with van der Waals surface area (Å²) in [6.45, 7) is 3.94. The van der Waals surface area contributed by atoms with Crippen LogP contribution in [-0.4, -0.2) is 6.29 Å². The van der Waals surface area contributed by atoms with Gasteiger partial charge in [-0.25, -0.2) is 0 Å². The van der Waals surface area contributed by atoms with Gasteiger partial charge in [0.2, 0.25) is 0 Å². The van der Waals surface area contributed by atoms with E-state index in [0.717, 1.165) is 39.5 Å². The fourth-order valence-electron chi connectivity index (χ4n) is 3.43. The molecule has 0 spiro atoms. The standard InChI is InChI=1S/C23H16Cl2O2/c1-13-4-3-5-15(8-13)16-9-19(18-7-6-17(24)11-20(18)25)23-14(2)22(12-26)27-21(23)10-16/h3-12H,1-2H3. The van der Waals surface area contributed by atoms with Crippen LogP contribution in [0.5, 0.6) is 0 Å². The van der Waals surface area contributed by atoms with E-state index in [4.69, 9.17) is 27.6 Å². The van der Waals surface area contributed by atoms with Crippen molar-refractivity contribution in [3.05, 3.63) is 81.5 Å². The van der Waals surface area contributed by atoms with E-state index in [1.807, 2.05) is 31.2 Å². The van der Waals surface area contributed by atoms with Crippen LogP contribution in [0.1, 0.15) is 21.7 Å². The quantitative estimate of drug-likeness (QED) is 0.336. The van der Waals surface area contributed by atoms with Gasteiger partial charge in [0.15, 0.2) is 12.0 Å². The number of carbonyl (C=O) groups excluding carboxylic acids is 1. The van der Waals surface area contributed by atoms with Gasteiger partial charge in [0.1, 0.15) is 5.58 Å². The summed E-state index contributed by atoms with van der Waals surface area (Å²) < 4.78 is 5.83. The van der Waals surface area contributed by atoms with E-state index >= 15 is 0 Å². The Balaban J connectivity index is 2.08. The van der Waals surface area contributed by atoms with Crippen LogP contribution in [-0.2, 0) is 0 Å². The van der Waals surface area contributed by atoms with Gasteiger partial charge in [0.25, 0.3) is 0 Å². The average molecular weight is 395 g/mol. The molecule has 1 heterocycles. The van der Waals surface area contributed by atoms with Crippen LogP contribution >= 0.6 is 23.2 Å². The molecule has 0 aliphatic carbocycles. The molecule has 2 nitrogen and oxygen atoms in total. The molecule has 4 heteroatoms. The van der Waals surface area contributed by atoms with Gasteiger partial charge >= 0.3 is 0 Å². The molecule has 0 fully saturated rings. The predicted molar refractivity (Wildman–Crippen MR) is 112 cm³/mol. The highest BCUT2D eigenvalue weighted by Crippen LogP contribution is 2.41. The molecular formula is C23H16Cl2O2. The molecule has 0 saturated carbocycles. The number of benzene rings is 3. The molecule has 0 unspecified atom stereocenters. The second-order valence-electron chi connectivity index (χ2n) is 6.60. The number of aryl methyl sites for hydroxylation is 2. The first-order chi connectivity index (χ1) is 13.0. The Morgan fingerprint density at radius 3 is 2.41 bits per heavy atom. The lowest BCUT2D eigenvalue weighted by Gasteiger charge is -2.11. The number of fused-ring (bicyclic) bond motifs is 1. The first-order valence-corrected chi connectivity index (χ1v) is 9.28. The van der Waals surface area contributed by atoms with Gasteiger partial charge in [-0.05, 0) is 54.8 Å². The van der Waals surface area contributed by atoms with Gasteiger partial charge in [-0.15, -0.1) is 0 Å². The molecule has 4 rings (SSSR count). The predicted octanol–water partition coefficient (Wildman–Crippen LogP) is 7.50. The zero-order valence-corrected chi connectivity index (χ0v) is 16.4. The molecule has 0 N–H and O–H groups in total. The van der Waals surface area contributed by atoms with E-state index in [2.05, 4.69) is 31.2 Å². The fourth-order valence-corrected chi connectivity index (χ4v) is 3.94. The Hall–Kier alpha value is -2.55. The topological polar surface area (TPSA) is 30.2 Å². The summed E-state index contributed by atoms with van der Waals surface area (Å²) in [4.78, 5) is 11.4. The Morgan fingerprint density at radius 1 is 0.889 bits per heavy atom. The Labute approximate surface area is 167 Å². The summed E-state index contributed by atoms with van der Waals surface area (Å²) in [6.07, 6.45) is 0.745. The van der Waals surface area contributed by atoms with Gasteiger partial charge in [-0.2, -0.15) is 0 Å². The summed E-state index contributed by atoms with van der Waals surface area (Å²) in [5.74, 6) is 0.331. The maximum atomic E-state index is 11.4. The maximum absolute atomic E-state index is 11.4. The van der Waals surface area contributed by atoms with Crippen molar-refractivity contribution in [1.82, 2.24) is 0 Å².